The second-order valence-corrected chi connectivity index (χ2v) is 5.50. The van der Waals surface area contributed by atoms with Gasteiger partial charge in [-0.1, -0.05) is 31.3 Å². The first-order valence-electron chi connectivity index (χ1n) is 7.20. The van der Waals surface area contributed by atoms with Crippen molar-refractivity contribution in [1.82, 2.24) is 10.1 Å². The Kier molecular flexibility index (Phi) is 4.75. The van der Waals surface area contributed by atoms with Crippen molar-refractivity contribution in [2.45, 2.75) is 58.0 Å². The normalized spacial score (nSPS) is 19.7. The fourth-order valence-corrected chi connectivity index (χ4v) is 2.91. The van der Waals surface area contributed by atoms with Gasteiger partial charge in [0.05, 0.1) is 5.41 Å². The summed E-state index contributed by atoms with van der Waals surface area (Å²) in [7, 11) is 1.60. The number of nitrogens with zero attached hydrogens (tertiary/aromatic N) is 2. The van der Waals surface area contributed by atoms with Gasteiger partial charge in [-0.05, 0) is 19.3 Å². The minimum absolute atomic E-state index is 0.195. The Morgan fingerprint density at radius 1 is 1.45 bits per heavy atom. The van der Waals surface area contributed by atoms with E-state index in [-0.39, 0.29) is 6.10 Å². The molecular formula is C14H22N2O4. The molecule has 0 aliphatic heterocycles. The molecule has 1 unspecified atom stereocenters. The van der Waals surface area contributed by atoms with Crippen LogP contribution in [0, 0.1) is 5.41 Å². The molecule has 0 radical (unpaired) electrons. The fraction of sp³-hybridized carbons (Fsp3) is 0.786. The van der Waals surface area contributed by atoms with E-state index >= 15 is 0 Å². The van der Waals surface area contributed by atoms with Crippen LogP contribution in [0.4, 0.5) is 0 Å². The third-order valence-corrected chi connectivity index (χ3v) is 4.18. The summed E-state index contributed by atoms with van der Waals surface area (Å²) in [6.07, 6.45) is 5.23. The van der Waals surface area contributed by atoms with Crippen LogP contribution in [-0.4, -0.2) is 28.3 Å². The number of ether oxygens (including phenoxy) is 1. The molecule has 1 atom stereocenters. The molecule has 0 aromatic carbocycles. The lowest BCUT2D eigenvalue weighted by molar-refractivity contribution is -0.151. The first kappa shape index (κ1) is 15.0. The molecule has 0 spiro atoms. The molecule has 6 heteroatoms. The molecule has 1 N–H and O–H groups in total. The van der Waals surface area contributed by atoms with Gasteiger partial charge in [0.2, 0.25) is 11.7 Å². The molecule has 20 heavy (non-hydrogen) atoms. The van der Waals surface area contributed by atoms with Crippen LogP contribution in [0.25, 0.3) is 0 Å². The van der Waals surface area contributed by atoms with Gasteiger partial charge in [0.1, 0.15) is 6.10 Å². The van der Waals surface area contributed by atoms with Gasteiger partial charge in [-0.25, -0.2) is 0 Å². The Balaban J connectivity index is 2.13. The zero-order valence-corrected chi connectivity index (χ0v) is 12.1. The predicted molar refractivity (Wildman–Crippen MR) is 71.2 cm³/mol. The lowest BCUT2D eigenvalue weighted by Crippen LogP contribution is -2.35. The van der Waals surface area contributed by atoms with Gasteiger partial charge in [-0.15, -0.1) is 0 Å². The van der Waals surface area contributed by atoms with Gasteiger partial charge in [0.15, 0.2) is 0 Å². The number of hydrogen-bond acceptors (Lipinski definition) is 5. The fourth-order valence-electron chi connectivity index (χ4n) is 2.91. The predicted octanol–water partition coefficient (Wildman–Crippen LogP) is 2.74. The van der Waals surface area contributed by atoms with Gasteiger partial charge in [-0.3, -0.25) is 4.79 Å². The minimum Gasteiger partial charge on any atom is -0.481 e. The van der Waals surface area contributed by atoms with Crippen molar-refractivity contribution in [2.24, 2.45) is 5.41 Å². The van der Waals surface area contributed by atoms with Crippen LogP contribution in [0.3, 0.4) is 0 Å². The SMILES string of the molecule is CCC(OC)c1noc(CC2(C(=O)O)CCCCC2)n1. The first-order chi connectivity index (χ1) is 9.61. The second kappa shape index (κ2) is 6.35. The maximum Gasteiger partial charge on any atom is 0.310 e. The van der Waals surface area contributed by atoms with Crippen molar-refractivity contribution in [3.05, 3.63) is 11.7 Å². The van der Waals surface area contributed by atoms with Crippen LogP contribution in [0.15, 0.2) is 4.52 Å². The highest BCUT2D eigenvalue weighted by Crippen LogP contribution is 2.39. The summed E-state index contributed by atoms with van der Waals surface area (Å²) in [5.74, 6) is 0.150. The number of aliphatic carboxylic acids is 1. The van der Waals surface area contributed by atoms with Crippen molar-refractivity contribution in [1.29, 1.82) is 0 Å². The van der Waals surface area contributed by atoms with E-state index in [0.717, 1.165) is 25.7 Å². The Morgan fingerprint density at radius 3 is 2.70 bits per heavy atom. The summed E-state index contributed by atoms with van der Waals surface area (Å²) < 4.78 is 10.5. The Labute approximate surface area is 118 Å². The zero-order valence-electron chi connectivity index (χ0n) is 12.1. The van der Waals surface area contributed by atoms with Gasteiger partial charge in [-0.2, -0.15) is 4.98 Å². The third-order valence-electron chi connectivity index (χ3n) is 4.18. The highest BCUT2D eigenvalue weighted by Gasteiger charge is 2.41. The summed E-state index contributed by atoms with van der Waals surface area (Å²) in [4.78, 5) is 15.9. The van der Waals surface area contributed by atoms with Crippen molar-refractivity contribution >= 4 is 5.97 Å². The summed E-state index contributed by atoms with van der Waals surface area (Å²) >= 11 is 0. The van der Waals surface area contributed by atoms with Crippen LogP contribution >= 0.6 is 0 Å². The Hall–Kier alpha value is -1.43. The molecule has 1 saturated carbocycles. The van der Waals surface area contributed by atoms with Crippen LogP contribution in [0.5, 0.6) is 0 Å². The molecule has 1 heterocycles. The van der Waals surface area contributed by atoms with E-state index in [1.165, 1.54) is 0 Å². The maximum absolute atomic E-state index is 11.6. The average Bonchev–Trinajstić information content (AvgIpc) is 2.89. The third kappa shape index (κ3) is 3.00. The summed E-state index contributed by atoms with van der Waals surface area (Å²) in [5, 5.41) is 13.5. The zero-order chi connectivity index (χ0) is 14.6. The minimum atomic E-state index is -0.754. The topological polar surface area (TPSA) is 85.5 Å². The van der Waals surface area contributed by atoms with Crippen LogP contribution in [0.1, 0.15) is 63.3 Å². The Bertz CT molecular complexity index is 448. The lowest BCUT2D eigenvalue weighted by Gasteiger charge is -2.31. The number of carboxylic acids is 1. The van der Waals surface area contributed by atoms with Crippen molar-refractivity contribution in [2.75, 3.05) is 7.11 Å². The molecular weight excluding hydrogens is 260 g/mol. The molecule has 1 aromatic heterocycles. The molecule has 0 amide bonds. The van der Waals surface area contributed by atoms with E-state index < -0.39 is 11.4 Å². The average molecular weight is 282 g/mol. The van der Waals surface area contributed by atoms with E-state index in [9.17, 15) is 9.90 Å². The van der Waals surface area contributed by atoms with E-state index in [2.05, 4.69) is 10.1 Å². The standard InChI is InChI=1S/C14H22N2O4/c1-3-10(19-2)12-15-11(20-16-12)9-14(13(17)18)7-5-4-6-8-14/h10H,3-9H2,1-2H3,(H,17,18). The van der Waals surface area contributed by atoms with Crippen LogP contribution in [-0.2, 0) is 16.0 Å². The molecule has 1 aromatic rings. The molecule has 6 nitrogen and oxygen atoms in total. The number of hydrogen-bond donors (Lipinski definition) is 1. The highest BCUT2D eigenvalue weighted by molar-refractivity contribution is 5.75. The number of carbonyl (C=O) groups is 1. The van der Waals surface area contributed by atoms with Crippen molar-refractivity contribution in [3.8, 4) is 0 Å². The summed E-state index contributed by atoms with van der Waals surface area (Å²) in [6.45, 7) is 1.98. The van der Waals surface area contributed by atoms with Crippen molar-refractivity contribution < 1.29 is 19.2 Å². The molecule has 1 aliphatic carbocycles. The number of aromatic nitrogens is 2. The smallest absolute Gasteiger partial charge is 0.310 e. The summed E-state index contributed by atoms with van der Waals surface area (Å²) in [5.41, 5.74) is -0.739. The number of carboxylic acid groups (broad SMARTS) is 1. The van der Waals surface area contributed by atoms with Gasteiger partial charge >= 0.3 is 5.97 Å². The highest BCUT2D eigenvalue weighted by atomic mass is 16.5. The number of rotatable bonds is 6. The molecule has 2 rings (SSSR count). The van der Waals surface area contributed by atoms with Gasteiger partial charge in [0.25, 0.3) is 0 Å². The second-order valence-electron chi connectivity index (χ2n) is 5.50. The lowest BCUT2D eigenvalue weighted by atomic mass is 9.72. The summed E-state index contributed by atoms with van der Waals surface area (Å²) in [6, 6.07) is 0. The van der Waals surface area contributed by atoms with Crippen LogP contribution in [0.2, 0.25) is 0 Å². The molecule has 1 fully saturated rings. The Morgan fingerprint density at radius 2 is 2.15 bits per heavy atom. The van der Waals surface area contributed by atoms with E-state index in [0.29, 0.717) is 31.0 Å². The molecule has 1 aliphatic rings. The molecule has 112 valence electrons. The number of methoxy groups -OCH3 is 1. The molecule has 0 saturated heterocycles. The van der Waals surface area contributed by atoms with Crippen LogP contribution < -0.4 is 0 Å². The van der Waals surface area contributed by atoms with E-state index in [1.54, 1.807) is 7.11 Å². The van der Waals surface area contributed by atoms with Crippen molar-refractivity contribution in [3.63, 3.8) is 0 Å². The first-order valence-corrected chi connectivity index (χ1v) is 7.20. The largest absolute Gasteiger partial charge is 0.481 e. The maximum atomic E-state index is 11.6. The van der Waals surface area contributed by atoms with E-state index in [4.69, 9.17) is 9.26 Å². The van der Waals surface area contributed by atoms with E-state index in [1.807, 2.05) is 6.92 Å². The van der Waals surface area contributed by atoms with Gasteiger partial charge in [0, 0.05) is 13.5 Å². The molecule has 0 bridgehead atoms. The van der Waals surface area contributed by atoms with Gasteiger partial charge < -0.3 is 14.4 Å². The monoisotopic (exact) mass is 282 g/mol. The quantitative estimate of drug-likeness (QED) is 0.863.